The fourth-order valence-electron chi connectivity index (χ4n) is 1.63. The molecule has 0 saturated heterocycles. The molecule has 0 aliphatic rings. The summed E-state index contributed by atoms with van der Waals surface area (Å²) in [5.41, 5.74) is -0.524. The van der Waals surface area contributed by atoms with Gasteiger partial charge in [-0.25, -0.2) is 9.48 Å². The Hall–Kier alpha value is -2.09. The zero-order valence-corrected chi connectivity index (χ0v) is 10.5. The van der Waals surface area contributed by atoms with Crippen LogP contribution < -0.4 is 0 Å². The number of nitrogens with zero attached hydrogens (tertiary/aromatic N) is 3. The second kappa shape index (κ2) is 5.12. The van der Waals surface area contributed by atoms with Gasteiger partial charge in [-0.15, -0.1) is 5.10 Å². The van der Waals surface area contributed by atoms with E-state index in [1.54, 1.807) is 0 Å². The molecule has 1 aromatic heterocycles. The Balaban J connectivity index is 2.55. The maximum atomic E-state index is 12.5. The van der Waals surface area contributed by atoms with Crippen molar-refractivity contribution in [3.05, 3.63) is 35.0 Å². The molecule has 9 heteroatoms. The van der Waals surface area contributed by atoms with Crippen LogP contribution in [0.3, 0.4) is 0 Å². The average Bonchev–Trinajstić information content (AvgIpc) is 2.71. The molecule has 106 valence electrons. The number of carboxylic acid groups (broad SMARTS) is 1. The Labute approximate surface area is 115 Å². The van der Waals surface area contributed by atoms with Crippen LogP contribution in [-0.2, 0) is 6.54 Å². The summed E-state index contributed by atoms with van der Waals surface area (Å²) in [4.78, 5) is 11.0. The monoisotopic (exact) mass is 305 g/mol. The van der Waals surface area contributed by atoms with Crippen molar-refractivity contribution >= 4 is 17.6 Å². The van der Waals surface area contributed by atoms with Gasteiger partial charge in [0.2, 0.25) is 0 Å². The molecule has 2 aromatic rings. The van der Waals surface area contributed by atoms with Crippen molar-refractivity contribution in [2.45, 2.75) is 12.7 Å². The van der Waals surface area contributed by atoms with E-state index in [9.17, 15) is 18.0 Å². The van der Waals surface area contributed by atoms with Gasteiger partial charge in [0, 0.05) is 10.6 Å². The summed E-state index contributed by atoms with van der Waals surface area (Å²) in [6.45, 7) is -1.43. The second-order valence-electron chi connectivity index (χ2n) is 3.87. The third-order valence-corrected chi connectivity index (χ3v) is 2.64. The highest BCUT2D eigenvalue weighted by Gasteiger charge is 2.32. The van der Waals surface area contributed by atoms with Gasteiger partial charge in [0.05, 0.1) is 0 Å². The number of carbonyl (C=O) groups is 1. The topological polar surface area (TPSA) is 68.0 Å². The van der Waals surface area contributed by atoms with Crippen molar-refractivity contribution in [2.24, 2.45) is 0 Å². The lowest BCUT2D eigenvalue weighted by molar-refractivity contribution is -0.142. The lowest BCUT2D eigenvalue weighted by Gasteiger charge is -2.09. The van der Waals surface area contributed by atoms with Crippen molar-refractivity contribution in [2.75, 3.05) is 0 Å². The summed E-state index contributed by atoms with van der Waals surface area (Å²) in [6, 6.07) is 5.68. The first kappa shape index (κ1) is 14.3. The molecule has 0 radical (unpaired) electrons. The molecule has 0 saturated carbocycles. The van der Waals surface area contributed by atoms with Gasteiger partial charge in [0.15, 0.2) is 5.69 Å². The molecule has 0 aliphatic heterocycles. The van der Waals surface area contributed by atoms with E-state index in [0.29, 0.717) is 9.70 Å². The summed E-state index contributed by atoms with van der Waals surface area (Å²) < 4.78 is 37.9. The van der Waals surface area contributed by atoms with Crippen LogP contribution in [0.5, 0.6) is 0 Å². The molecule has 1 aromatic carbocycles. The van der Waals surface area contributed by atoms with Crippen LogP contribution >= 0.6 is 11.6 Å². The van der Waals surface area contributed by atoms with Gasteiger partial charge in [0.25, 0.3) is 0 Å². The normalized spacial score (nSPS) is 11.6. The smallest absolute Gasteiger partial charge is 0.408 e. The summed E-state index contributed by atoms with van der Waals surface area (Å²) in [5.74, 6) is -1.46. The first-order valence-electron chi connectivity index (χ1n) is 5.27. The van der Waals surface area contributed by atoms with Crippen LogP contribution in [0.4, 0.5) is 13.2 Å². The first-order chi connectivity index (χ1) is 9.28. The Kier molecular flexibility index (Phi) is 3.67. The lowest BCUT2D eigenvalue weighted by Crippen LogP contribution is -2.19. The molecule has 0 bridgehead atoms. The minimum absolute atomic E-state index is 0.216. The molecule has 5 nitrogen and oxygen atoms in total. The molecule has 0 amide bonds. The van der Waals surface area contributed by atoms with E-state index >= 15 is 0 Å². The van der Waals surface area contributed by atoms with E-state index in [1.807, 2.05) is 0 Å². The molecule has 0 fully saturated rings. The number of carboxylic acids is 1. The van der Waals surface area contributed by atoms with Crippen molar-refractivity contribution in [1.82, 2.24) is 15.0 Å². The summed E-state index contributed by atoms with van der Waals surface area (Å²) >= 11 is 5.69. The zero-order chi connectivity index (χ0) is 14.9. The maximum absolute atomic E-state index is 12.5. The molecule has 0 unspecified atom stereocenters. The molecule has 1 N–H and O–H groups in total. The van der Waals surface area contributed by atoms with Gasteiger partial charge >= 0.3 is 12.1 Å². The highest BCUT2D eigenvalue weighted by molar-refractivity contribution is 6.30. The Morgan fingerprint density at radius 2 is 1.90 bits per heavy atom. The molecular weight excluding hydrogens is 299 g/mol. The number of hydrogen-bond donors (Lipinski definition) is 1. The Morgan fingerprint density at radius 1 is 1.30 bits per heavy atom. The van der Waals surface area contributed by atoms with Gasteiger partial charge in [-0.05, 0) is 12.1 Å². The van der Waals surface area contributed by atoms with Crippen LogP contribution in [0, 0.1) is 0 Å². The number of rotatable bonds is 3. The SMILES string of the molecule is O=C(O)c1nnn(CC(F)(F)F)c1-c1ccc(Cl)cc1. The Bertz CT molecular complexity index is 637. The van der Waals surface area contributed by atoms with Crippen LogP contribution in [0.2, 0.25) is 5.02 Å². The van der Waals surface area contributed by atoms with Gasteiger partial charge in [0.1, 0.15) is 12.2 Å². The fourth-order valence-corrected chi connectivity index (χ4v) is 1.76. The molecule has 20 heavy (non-hydrogen) atoms. The quantitative estimate of drug-likeness (QED) is 0.946. The van der Waals surface area contributed by atoms with Crippen molar-refractivity contribution in [1.29, 1.82) is 0 Å². The zero-order valence-electron chi connectivity index (χ0n) is 9.73. The first-order valence-corrected chi connectivity index (χ1v) is 5.65. The fraction of sp³-hybridized carbons (Fsp3) is 0.182. The van der Waals surface area contributed by atoms with Gasteiger partial charge in [-0.3, -0.25) is 0 Å². The van der Waals surface area contributed by atoms with E-state index in [-0.39, 0.29) is 11.3 Å². The number of aromatic carboxylic acids is 1. The predicted octanol–water partition coefficient (Wildman–Crippen LogP) is 2.86. The minimum atomic E-state index is -4.54. The number of benzene rings is 1. The van der Waals surface area contributed by atoms with Crippen LogP contribution in [-0.4, -0.2) is 32.2 Å². The molecule has 0 spiro atoms. The minimum Gasteiger partial charge on any atom is -0.476 e. The predicted molar refractivity (Wildman–Crippen MR) is 63.5 cm³/mol. The van der Waals surface area contributed by atoms with Gasteiger partial charge in [-0.1, -0.05) is 28.9 Å². The third-order valence-electron chi connectivity index (χ3n) is 2.38. The summed E-state index contributed by atoms with van der Waals surface area (Å²) in [5, 5.41) is 15.9. The summed E-state index contributed by atoms with van der Waals surface area (Å²) in [7, 11) is 0. The van der Waals surface area contributed by atoms with E-state index in [0.717, 1.165) is 0 Å². The van der Waals surface area contributed by atoms with Crippen LogP contribution in [0.15, 0.2) is 24.3 Å². The lowest BCUT2D eigenvalue weighted by atomic mass is 10.1. The third kappa shape index (κ3) is 3.08. The maximum Gasteiger partial charge on any atom is 0.408 e. The highest BCUT2D eigenvalue weighted by atomic mass is 35.5. The summed E-state index contributed by atoms with van der Waals surface area (Å²) in [6.07, 6.45) is -4.54. The molecule has 2 rings (SSSR count). The number of hydrogen-bond acceptors (Lipinski definition) is 3. The van der Waals surface area contributed by atoms with E-state index in [4.69, 9.17) is 16.7 Å². The Morgan fingerprint density at radius 3 is 2.40 bits per heavy atom. The number of aromatic nitrogens is 3. The van der Waals surface area contributed by atoms with E-state index in [1.165, 1.54) is 24.3 Å². The van der Waals surface area contributed by atoms with Crippen molar-refractivity contribution < 1.29 is 23.1 Å². The van der Waals surface area contributed by atoms with Crippen molar-refractivity contribution in [3.8, 4) is 11.3 Å². The van der Waals surface area contributed by atoms with E-state index in [2.05, 4.69) is 10.3 Å². The standard InChI is InChI=1S/C11H7ClF3N3O2/c12-7-3-1-6(2-4-7)9-8(10(19)20)16-17-18(9)5-11(13,14)15/h1-4H,5H2,(H,19,20). The average molecular weight is 306 g/mol. The number of alkyl halides is 3. The van der Waals surface area contributed by atoms with Crippen LogP contribution in [0.1, 0.15) is 10.5 Å². The molecular formula is C11H7ClF3N3O2. The van der Waals surface area contributed by atoms with Gasteiger partial charge < -0.3 is 5.11 Å². The van der Waals surface area contributed by atoms with E-state index < -0.39 is 24.4 Å². The van der Waals surface area contributed by atoms with Gasteiger partial charge in [-0.2, -0.15) is 13.2 Å². The number of halogens is 4. The molecule has 1 heterocycles. The largest absolute Gasteiger partial charge is 0.476 e. The second-order valence-corrected chi connectivity index (χ2v) is 4.31. The molecule has 0 atom stereocenters. The van der Waals surface area contributed by atoms with Crippen molar-refractivity contribution in [3.63, 3.8) is 0 Å². The highest BCUT2D eigenvalue weighted by Crippen LogP contribution is 2.27. The van der Waals surface area contributed by atoms with Crippen LogP contribution in [0.25, 0.3) is 11.3 Å². The molecule has 0 aliphatic carbocycles.